The molecule has 0 aliphatic rings. The van der Waals surface area contributed by atoms with E-state index in [2.05, 4.69) is 10.1 Å². The largest absolute Gasteiger partial charge is 0.484 e. The lowest BCUT2D eigenvalue weighted by molar-refractivity contribution is -0.119. The second-order valence-corrected chi connectivity index (χ2v) is 4.61. The van der Waals surface area contributed by atoms with E-state index in [-0.39, 0.29) is 29.4 Å². The van der Waals surface area contributed by atoms with E-state index in [1.807, 2.05) is 0 Å². The van der Waals surface area contributed by atoms with Crippen LogP contribution in [0.3, 0.4) is 0 Å². The highest BCUT2D eigenvalue weighted by molar-refractivity contribution is 6.05. The molecule has 8 heteroatoms. The number of nitrogens with two attached hydrogens (primary N) is 1. The van der Waals surface area contributed by atoms with Crippen molar-refractivity contribution >= 4 is 17.5 Å². The van der Waals surface area contributed by atoms with Crippen LogP contribution in [0.15, 0.2) is 48.5 Å². The monoisotopic (exact) mass is 336 g/mol. The zero-order valence-corrected chi connectivity index (χ0v) is 12.4. The maximum Gasteiger partial charge on any atom is 0.387 e. The number of carbonyl (C=O) groups is 2. The van der Waals surface area contributed by atoms with Gasteiger partial charge in [0.15, 0.2) is 6.61 Å². The Morgan fingerprint density at radius 1 is 1.12 bits per heavy atom. The van der Waals surface area contributed by atoms with E-state index in [9.17, 15) is 18.4 Å². The summed E-state index contributed by atoms with van der Waals surface area (Å²) in [5.41, 5.74) is 5.29. The summed E-state index contributed by atoms with van der Waals surface area (Å²) in [6.07, 6.45) is 0. The van der Waals surface area contributed by atoms with E-state index in [1.165, 1.54) is 30.3 Å². The predicted molar refractivity (Wildman–Crippen MR) is 82.2 cm³/mol. The van der Waals surface area contributed by atoms with Crippen LogP contribution in [0, 0.1) is 0 Å². The minimum Gasteiger partial charge on any atom is -0.484 e. The van der Waals surface area contributed by atoms with Crippen LogP contribution in [0.5, 0.6) is 11.5 Å². The molecule has 0 bridgehead atoms. The minimum atomic E-state index is -3.01. The van der Waals surface area contributed by atoms with Crippen LogP contribution in [0.1, 0.15) is 10.4 Å². The molecule has 2 amide bonds. The number of primary amides is 1. The number of halogens is 2. The first kappa shape index (κ1) is 17.2. The van der Waals surface area contributed by atoms with Gasteiger partial charge in [-0.1, -0.05) is 18.2 Å². The Labute approximate surface area is 136 Å². The number of hydrogen-bond donors (Lipinski definition) is 2. The van der Waals surface area contributed by atoms with E-state index in [0.717, 1.165) is 0 Å². The SMILES string of the molecule is NC(=O)COc1cccc(C(=O)Nc2ccccc2OC(F)F)c1. The second-order valence-electron chi connectivity index (χ2n) is 4.61. The fraction of sp³-hybridized carbons (Fsp3) is 0.125. The third-order valence-corrected chi connectivity index (χ3v) is 2.83. The van der Waals surface area contributed by atoms with Crippen LogP contribution in [-0.4, -0.2) is 25.0 Å². The highest BCUT2D eigenvalue weighted by Crippen LogP contribution is 2.26. The number of para-hydroxylation sites is 2. The Morgan fingerprint density at radius 2 is 1.88 bits per heavy atom. The fourth-order valence-corrected chi connectivity index (χ4v) is 1.84. The average molecular weight is 336 g/mol. The number of anilines is 1. The molecule has 0 heterocycles. The van der Waals surface area contributed by atoms with Gasteiger partial charge in [-0.15, -0.1) is 0 Å². The van der Waals surface area contributed by atoms with Crippen molar-refractivity contribution in [2.24, 2.45) is 5.73 Å². The fourth-order valence-electron chi connectivity index (χ4n) is 1.84. The number of carbonyl (C=O) groups excluding carboxylic acids is 2. The van der Waals surface area contributed by atoms with Crippen LogP contribution in [0.2, 0.25) is 0 Å². The van der Waals surface area contributed by atoms with E-state index < -0.39 is 18.4 Å². The normalized spacial score (nSPS) is 10.3. The summed E-state index contributed by atoms with van der Waals surface area (Å²) in [6, 6.07) is 11.8. The third kappa shape index (κ3) is 4.94. The van der Waals surface area contributed by atoms with Gasteiger partial charge in [0.2, 0.25) is 0 Å². The summed E-state index contributed by atoms with van der Waals surface area (Å²) in [5.74, 6) is -1.08. The van der Waals surface area contributed by atoms with Gasteiger partial charge in [-0.2, -0.15) is 8.78 Å². The van der Waals surface area contributed by atoms with Gasteiger partial charge in [-0.3, -0.25) is 9.59 Å². The van der Waals surface area contributed by atoms with Crippen LogP contribution < -0.4 is 20.5 Å². The maximum absolute atomic E-state index is 12.4. The molecule has 0 aromatic heterocycles. The molecule has 3 N–H and O–H groups in total. The van der Waals surface area contributed by atoms with E-state index >= 15 is 0 Å². The number of rotatable bonds is 7. The molecule has 126 valence electrons. The van der Waals surface area contributed by atoms with Gasteiger partial charge < -0.3 is 20.5 Å². The van der Waals surface area contributed by atoms with E-state index in [0.29, 0.717) is 0 Å². The van der Waals surface area contributed by atoms with Crippen molar-refractivity contribution < 1.29 is 27.8 Å². The zero-order valence-electron chi connectivity index (χ0n) is 12.4. The van der Waals surface area contributed by atoms with E-state index in [1.54, 1.807) is 18.2 Å². The van der Waals surface area contributed by atoms with Crippen LogP contribution >= 0.6 is 0 Å². The third-order valence-electron chi connectivity index (χ3n) is 2.83. The van der Waals surface area contributed by atoms with Crippen molar-refractivity contribution in [3.8, 4) is 11.5 Å². The summed E-state index contributed by atoms with van der Waals surface area (Å²) in [5, 5.41) is 2.48. The summed E-state index contributed by atoms with van der Waals surface area (Å²) < 4.78 is 34.2. The first-order valence-electron chi connectivity index (χ1n) is 6.82. The number of ether oxygens (including phenoxy) is 2. The molecule has 0 saturated carbocycles. The summed E-state index contributed by atoms with van der Waals surface area (Å²) in [6.45, 7) is -3.33. The molecule has 2 aromatic rings. The van der Waals surface area contributed by atoms with Gasteiger partial charge in [-0.05, 0) is 30.3 Å². The van der Waals surface area contributed by atoms with Gasteiger partial charge in [0.05, 0.1) is 5.69 Å². The molecular weight excluding hydrogens is 322 g/mol. The number of amides is 2. The number of alkyl halides is 2. The minimum absolute atomic E-state index is 0.103. The first-order chi connectivity index (χ1) is 11.5. The molecule has 0 saturated heterocycles. The molecule has 0 spiro atoms. The number of benzene rings is 2. The molecule has 0 aliphatic carbocycles. The van der Waals surface area contributed by atoms with Gasteiger partial charge >= 0.3 is 6.61 Å². The molecule has 0 unspecified atom stereocenters. The standard InChI is InChI=1S/C16H14F2N2O4/c17-16(18)24-13-7-2-1-6-12(13)20-15(22)10-4-3-5-11(8-10)23-9-14(19)21/h1-8,16H,9H2,(H2,19,21)(H,20,22). The Bertz CT molecular complexity index is 738. The van der Waals surface area contributed by atoms with Crippen molar-refractivity contribution in [3.63, 3.8) is 0 Å². The Morgan fingerprint density at radius 3 is 2.58 bits per heavy atom. The average Bonchev–Trinajstić information content (AvgIpc) is 2.54. The highest BCUT2D eigenvalue weighted by Gasteiger charge is 2.13. The van der Waals surface area contributed by atoms with Gasteiger partial charge in [0.25, 0.3) is 11.8 Å². The molecule has 24 heavy (non-hydrogen) atoms. The molecule has 2 rings (SSSR count). The Kier molecular flexibility index (Phi) is 5.67. The van der Waals surface area contributed by atoms with Crippen LogP contribution in [0.4, 0.5) is 14.5 Å². The summed E-state index contributed by atoms with van der Waals surface area (Å²) >= 11 is 0. The molecule has 0 aliphatic heterocycles. The van der Waals surface area contributed by atoms with Gasteiger partial charge in [0, 0.05) is 5.56 Å². The van der Waals surface area contributed by atoms with Crippen molar-refractivity contribution in [2.75, 3.05) is 11.9 Å². The van der Waals surface area contributed by atoms with Crippen LogP contribution in [0.25, 0.3) is 0 Å². The molecule has 0 fully saturated rings. The molecular formula is C16H14F2N2O4. The topological polar surface area (TPSA) is 90.7 Å². The smallest absolute Gasteiger partial charge is 0.387 e. The molecule has 2 aromatic carbocycles. The number of nitrogens with one attached hydrogen (secondary N) is 1. The molecule has 6 nitrogen and oxygen atoms in total. The van der Waals surface area contributed by atoms with Gasteiger partial charge in [-0.25, -0.2) is 0 Å². The summed E-state index contributed by atoms with van der Waals surface area (Å²) in [7, 11) is 0. The van der Waals surface area contributed by atoms with Crippen molar-refractivity contribution in [1.29, 1.82) is 0 Å². The quantitative estimate of drug-likeness (QED) is 0.812. The molecule has 0 atom stereocenters. The van der Waals surface area contributed by atoms with Gasteiger partial charge in [0.1, 0.15) is 11.5 Å². The van der Waals surface area contributed by atoms with Crippen molar-refractivity contribution in [2.45, 2.75) is 6.61 Å². The lowest BCUT2D eigenvalue weighted by Gasteiger charge is -2.12. The number of hydrogen-bond acceptors (Lipinski definition) is 4. The lowest BCUT2D eigenvalue weighted by atomic mass is 10.2. The van der Waals surface area contributed by atoms with Crippen LogP contribution in [-0.2, 0) is 4.79 Å². The van der Waals surface area contributed by atoms with E-state index in [4.69, 9.17) is 10.5 Å². The zero-order chi connectivity index (χ0) is 17.5. The maximum atomic E-state index is 12.4. The van der Waals surface area contributed by atoms with Crippen molar-refractivity contribution in [1.82, 2.24) is 0 Å². The molecule has 0 radical (unpaired) electrons. The highest BCUT2D eigenvalue weighted by atomic mass is 19.3. The lowest BCUT2D eigenvalue weighted by Crippen LogP contribution is -2.20. The van der Waals surface area contributed by atoms with Crippen molar-refractivity contribution in [3.05, 3.63) is 54.1 Å². The predicted octanol–water partition coefficient (Wildman–Crippen LogP) is 2.40. The Hall–Kier alpha value is -3.16. The first-order valence-corrected chi connectivity index (χ1v) is 6.82. The second kappa shape index (κ2) is 7.91. The summed E-state index contributed by atoms with van der Waals surface area (Å²) in [4.78, 5) is 22.9. The Balaban J connectivity index is 2.13.